The van der Waals surface area contributed by atoms with E-state index in [9.17, 15) is 39.2 Å². The smallest absolute Gasteiger partial charge is 0.336 e. The molecule has 0 unspecified atom stereocenters. The molecule has 0 spiro atoms. The molecule has 0 aliphatic carbocycles. The van der Waals surface area contributed by atoms with E-state index in [2.05, 4.69) is 18.8 Å². The van der Waals surface area contributed by atoms with Gasteiger partial charge in [-0.1, -0.05) is 0 Å². The normalized spacial score (nSPS) is 23.7. The molecule has 4 amide bonds. The van der Waals surface area contributed by atoms with E-state index in [-0.39, 0.29) is 36.7 Å². The van der Waals surface area contributed by atoms with E-state index in [4.69, 9.17) is 26.0 Å². The van der Waals surface area contributed by atoms with Crippen LogP contribution in [0.2, 0.25) is 0 Å². The van der Waals surface area contributed by atoms with Crippen molar-refractivity contribution in [1.82, 2.24) is 20.3 Å². The van der Waals surface area contributed by atoms with E-state index >= 15 is 0 Å². The number of carboxylic acids is 1. The van der Waals surface area contributed by atoms with Crippen molar-refractivity contribution in [3.05, 3.63) is 0 Å². The molecule has 17 nitrogen and oxygen atoms in total. The maximum Gasteiger partial charge on any atom is 0.336 e. The zero-order valence-electron chi connectivity index (χ0n) is 32.5. The first-order valence-corrected chi connectivity index (χ1v) is 17.2. The highest BCUT2D eigenvalue weighted by molar-refractivity contribution is 7.45. The number of carbonyl (C=O) groups is 6. The van der Waals surface area contributed by atoms with E-state index in [0.717, 1.165) is 13.2 Å². The molecule has 5 saturated heterocycles. The summed E-state index contributed by atoms with van der Waals surface area (Å²) in [5.74, 6) is -4.15. The fourth-order valence-corrected chi connectivity index (χ4v) is 6.78. The minimum atomic E-state index is -0.765. The van der Waals surface area contributed by atoms with Gasteiger partial charge in [0.1, 0.15) is 1.37 Å². The number of nitrogens with one attached hydrogen (secondary N) is 1. The molecular formula is C34H57N5O12S. The first-order chi connectivity index (χ1) is 24.3. The van der Waals surface area contributed by atoms with Crippen molar-refractivity contribution < 1.29 is 60.4 Å². The van der Waals surface area contributed by atoms with E-state index < -0.39 is 63.6 Å². The lowest BCUT2D eigenvalue weighted by molar-refractivity contribution is -0.255. The fourth-order valence-electron chi connectivity index (χ4n) is 6.78. The average Bonchev–Trinajstić information content (AvgIpc) is 3.82. The van der Waals surface area contributed by atoms with Gasteiger partial charge < -0.3 is 25.1 Å². The molecule has 0 aromatic heterocycles. The molecule has 296 valence electrons. The Morgan fingerprint density at radius 1 is 0.731 bits per heavy atom. The number of ether oxygens (including phenoxy) is 1. The molecule has 5 heterocycles. The molecule has 0 atom stereocenters. The fraction of sp³-hybridized carbons (Fsp3) is 0.765. The van der Waals surface area contributed by atoms with Gasteiger partial charge in [0.25, 0.3) is 23.6 Å². The van der Waals surface area contributed by atoms with E-state index in [1.54, 1.807) is 0 Å². The second kappa shape index (κ2) is 20.7. The summed E-state index contributed by atoms with van der Waals surface area (Å²) in [5, 5.41) is 40.8. The first kappa shape index (κ1) is 46.6. The number of nitrogens with zero attached hydrogens (tertiary/aromatic N) is 4. The number of aliphatic carboxylic acids is 1. The van der Waals surface area contributed by atoms with E-state index in [1.807, 2.05) is 55.4 Å². The third-order valence-electron chi connectivity index (χ3n) is 9.00. The second-order valence-corrected chi connectivity index (χ2v) is 15.3. The van der Waals surface area contributed by atoms with Crippen molar-refractivity contribution in [2.24, 2.45) is 11.8 Å². The molecule has 5 aliphatic rings. The quantitative estimate of drug-likeness (QED) is 0.156. The van der Waals surface area contributed by atoms with Crippen LogP contribution in [0.3, 0.4) is 0 Å². The first-order valence-electron chi connectivity index (χ1n) is 17.3. The largest absolute Gasteiger partial charge is 0.481 e. The van der Waals surface area contributed by atoms with Gasteiger partial charge in [-0.15, -0.1) is 17.9 Å². The molecule has 18 heteroatoms. The second-order valence-electron chi connectivity index (χ2n) is 15.3. The van der Waals surface area contributed by atoms with Crippen LogP contribution in [-0.4, -0.2) is 112 Å². The van der Waals surface area contributed by atoms with Gasteiger partial charge in [0.2, 0.25) is 0 Å². The molecule has 0 bridgehead atoms. The van der Waals surface area contributed by atoms with Crippen LogP contribution < -0.4 is 0 Å². The number of hydrogen-bond acceptors (Lipinski definition) is 15. The summed E-state index contributed by atoms with van der Waals surface area (Å²) in [4.78, 5) is 71.6. The molecule has 0 aromatic carbocycles. The third-order valence-corrected chi connectivity index (χ3v) is 9.00. The maximum absolute atomic E-state index is 12.3. The molecule has 5 N–H and O–H groups in total. The maximum atomic E-state index is 12.3. The van der Waals surface area contributed by atoms with Crippen LogP contribution in [0.25, 0.3) is 0 Å². The summed E-state index contributed by atoms with van der Waals surface area (Å²) in [7, 11) is 0. The number of piperidine rings is 2. The van der Waals surface area contributed by atoms with Crippen molar-refractivity contribution in [1.29, 1.82) is 4.78 Å². The Balaban J connectivity index is 0.000000722. The molecule has 52 heavy (non-hydrogen) atoms. The lowest BCUT2D eigenvalue weighted by Gasteiger charge is -2.50. The van der Waals surface area contributed by atoms with Crippen LogP contribution in [0.15, 0.2) is 0 Å². The number of carbonyl (C=O) groups excluding carboxylic acids is 5. The zero-order chi connectivity index (χ0) is 41.5. The van der Waals surface area contributed by atoms with Crippen molar-refractivity contribution in [3.63, 3.8) is 0 Å². The highest BCUT2D eigenvalue weighted by Gasteiger charge is 2.49. The van der Waals surface area contributed by atoms with E-state index in [1.165, 1.54) is 29.4 Å². The summed E-state index contributed by atoms with van der Waals surface area (Å²) in [5.41, 5.74) is -2.12. The number of imide groups is 2. The topological polar surface area (TPSA) is 239 Å². The number of carboxylic acid groups (broad SMARTS) is 1. The minimum Gasteiger partial charge on any atom is -0.481 e. The van der Waals surface area contributed by atoms with Crippen molar-refractivity contribution in [2.75, 3.05) is 13.2 Å². The van der Waals surface area contributed by atoms with Crippen LogP contribution in [0.1, 0.15) is 121 Å². The van der Waals surface area contributed by atoms with Gasteiger partial charge in [0, 0.05) is 73.5 Å². The summed E-state index contributed by atoms with van der Waals surface area (Å²) in [6, 6.07) is 0. The Bertz CT molecular complexity index is 1260. The number of rotatable bonds is 3. The van der Waals surface area contributed by atoms with Crippen molar-refractivity contribution >= 4 is 48.0 Å². The van der Waals surface area contributed by atoms with Crippen molar-refractivity contribution in [2.45, 2.75) is 142 Å². The van der Waals surface area contributed by atoms with Gasteiger partial charge in [-0.3, -0.25) is 29.2 Å². The van der Waals surface area contributed by atoms with Gasteiger partial charge in [0.15, 0.2) is 0 Å². The van der Waals surface area contributed by atoms with E-state index in [0.29, 0.717) is 30.7 Å². The Kier molecular flexibility index (Phi) is 18.6. The average molecular weight is 761 g/mol. The predicted molar refractivity (Wildman–Crippen MR) is 187 cm³/mol. The Morgan fingerprint density at radius 3 is 1.29 bits per heavy atom. The molecule has 0 aromatic rings. The number of terminal acetylenes is 1. The minimum absolute atomic E-state index is 0.0815. The van der Waals surface area contributed by atoms with Crippen LogP contribution in [0, 0.1) is 29.4 Å². The standard InChI is InChI=1S/C14H22N2O5.C10H19NO3.C4H5NO3.C4H8O.C2H2.HNS/c1-13(2)7-9(8-14(3,4)16(13)20)12(19)21-15-10(17)5-6-11(15)18;1-9(2)5-7(8(12)13)6-10(3,4)11(9)14;6-3-1-2-4(7)5(3)8;1-2-4-5-3-1;2*1-2/h9,20H,5-8H2,1-4H3;7,14H,5-6H2,1-4H3,(H,12,13);8H,1-2H2;1-4H2;1-2H;1H/i;;;;1D;. The monoisotopic (exact) mass is 760 g/mol. The lowest BCUT2D eigenvalue weighted by Crippen LogP contribution is -2.60. The van der Waals surface area contributed by atoms with Gasteiger partial charge in [0.05, 0.1) is 11.8 Å². The van der Waals surface area contributed by atoms with Crippen LogP contribution in [0.4, 0.5) is 0 Å². The van der Waals surface area contributed by atoms with Crippen LogP contribution in [0.5, 0.6) is 0 Å². The van der Waals surface area contributed by atoms with Crippen LogP contribution in [-0.2, 0) is 50.8 Å². The van der Waals surface area contributed by atoms with Crippen molar-refractivity contribution in [3.8, 4) is 12.8 Å². The SMILES string of the molecule is C1CCOC1.CC1(C)CC(C(=O)O)CC(C)(C)N1O.CC1(C)CC(C(=O)ON2C(=O)CCC2=O)CC(C)(C)N1O.N=S.O=C1CCC(=O)N1O.[2H]C#C. The predicted octanol–water partition coefficient (Wildman–Crippen LogP) is 3.85. The molecule has 5 rings (SSSR count). The number of hydrogen-bond donors (Lipinski definition) is 5. The summed E-state index contributed by atoms with van der Waals surface area (Å²) >= 11 is 3.33. The third kappa shape index (κ3) is 13.8. The number of amides is 4. The van der Waals surface area contributed by atoms with Gasteiger partial charge in [-0.25, -0.2) is 9.57 Å². The zero-order valence-corrected chi connectivity index (χ0v) is 32.3. The highest BCUT2D eigenvalue weighted by Crippen LogP contribution is 2.41. The van der Waals surface area contributed by atoms with Gasteiger partial charge in [-0.2, -0.15) is 15.2 Å². The molecule has 5 fully saturated rings. The lowest BCUT2D eigenvalue weighted by atomic mass is 9.75. The van der Waals surface area contributed by atoms with Gasteiger partial charge in [-0.05, 0) is 93.9 Å². The Hall–Kier alpha value is -3.44. The molecule has 0 radical (unpaired) electrons. The summed E-state index contributed by atoms with van der Waals surface area (Å²) in [6.07, 6.45) is 10.5. The summed E-state index contributed by atoms with van der Waals surface area (Å²) in [6.45, 7) is 16.8. The Morgan fingerprint density at radius 2 is 1.04 bits per heavy atom. The van der Waals surface area contributed by atoms with Gasteiger partial charge >= 0.3 is 11.9 Å². The number of hydroxylamine groups is 8. The Labute approximate surface area is 312 Å². The summed E-state index contributed by atoms with van der Waals surface area (Å²) < 4.78 is 16.0. The molecule has 0 saturated carbocycles. The van der Waals surface area contributed by atoms with Crippen LogP contribution >= 0.6 is 0 Å². The highest BCUT2D eigenvalue weighted by atomic mass is 32.1. The molecular weight excluding hydrogens is 702 g/mol. The molecule has 5 aliphatic heterocycles.